The van der Waals surface area contributed by atoms with Crippen LogP contribution in [0.4, 0.5) is 5.69 Å². The highest BCUT2D eigenvalue weighted by Crippen LogP contribution is 2.24. The minimum atomic E-state index is -0.528. The zero-order valence-electron chi connectivity index (χ0n) is 6.46. The second-order valence-electron chi connectivity index (χ2n) is 2.35. The van der Waals surface area contributed by atoms with Crippen molar-refractivity contribution in [3.05, 3.63) is 38.9 Å². The van der Waals surface area contributed by atoms with Gasteiger partial charge in [0.05, 0.1) is 4.92 Å². The van der Waals surface area contributed by atoms with E-state index in [1.165, 1.54) is 12.1 Å². The van der Waals surface area contributed by atoms with E-state index in [0.29, 0.717) is 12.1 Å². The summed E-state index contributed by atoms with van der Waals surface area (Å²) in [6.07, 6.45) is 0. The molecule has 13 heavy (non-hydrogen) atoms. The first-order chi connectivity index (χ1) is 6.15. The van der Waals surface area contributed by atoms with E-state index < -0.39 is 4.92 Å². The summed E-state index contributed by atoms with van der Waals surface area (Å²) in [5, 5.41) is 10.6. The fourth-order valence-corrected chi connectivity index (χ4v) is 1.23. The number of halogens is 2. The molecule has 0 aliphatic rings. The number of hydrogen-bond acceptors (Lipinski definition) is 3. The molecule has 0 heterocycles. The van der Waals surface area contributed by atoms with Crippen LogP contribution in [0.5, 0.6) is 0 Å². The van der Waals surface area contributed by atoms with E-state index in [1.54, 1.807) is 6.07 Å². The summed E-state index contributed by atoms with van der Waals surface area (Å²) in [6, 6.07) is 4.53. The summed E-state index contributed by atoms with van der Waals surface area (Å²) in [7, 11) is 0. The van der Waals surface area contributed by atoms with E-state index >= 15 is 0 Å². The average molecular weight is 221 g/mol. The molecule has 0 aliphatic carbocycles. The molecule has 0 spiro atoms. The van der Waals surface area contributed by atoms with E-state index in [1.807, 2.05) is 0 Å². The summed E-state index contributed by atoms with van der Waals surface area (Å²) >= 11 is 10.9. The third-order valence-corrected chi connectivity index (χ3v) is 1.93. The molecule has 1 aromatic rings. The topological polar surface area (TPSA) is 55.2 Å². The van der Waals surface area contributed by atoms with E-state index in [0.717, 1.165) is 0 Å². The molecule has 0 saturated carbocycles. The lowest BCUT2D eigenvalue weighted by Crippen LogP contribution is -1.99. The molecule has 0 aliphatic heterocycles. The molecular formula is C7H6Cl2N2O2. The highest BCUT2D eigenvalue weighted by atomic mass is 35.5. The standard InChI is InChI=1S/C7H6Cl2N2O2/c8-6-2-1-5(4-10-9)3-7(6)11(12)13/h1-3,10H,4H2. The fourth-order valence-electron chi connectivity index (χ4n) is 0.885. The van der Waals surface area contributed by atoms with Gasteiger partial charge in [-0.2, -0.15) is 0 Å². The monoisotopic (exact) mass is 220 g/mol. The molecule has 0 atom stereocenters. The van der Waals surface area contributed by atoms with Gasteiger partial charge < -0.3 is 0 Å². The SMILES string of the molecule is O=[N+]([O-])c1cc(CNCl)ccc1Cl. The van der Waals surface area contributed by atoms with Gasteiger partial charge in [0.1, 0.15) is 5.02 Å². The van der Waals surface area contributed by atoms with Crippen LogP contribution in [0.2, 0.25) is 5.02 Å². The first-order valence-corrected chi connectivity index (χ1v) is 4.17. The number of rotatable bonds is 3. The van der Waals surface area contributed by atoms with Gasteiger partial charge in [-0.05, 0) is 23.4 Å². The zero-order chi connectivity index (χ0) is 9.84. The normalized spacial score (nSPS) is 10.0. The number of nitro benzene ring substituents is 1. The minimum Gasteiger partial charge on any atom is -0.258 e. The van der Waals surface area contributed by atoms with Gasteiger partial charge >= 0.3 is 0 Å². The van der Waals surface area contributed by atoms with Crippen LogP contribution in [-0.4, -0.2) is 4.92 Å². The van der Waals surface area contributed by atoms with Gasteiger partial charge in [0, 0.05) is 12.6 Å². The van der Waals surface area contributed by atoms with Crippen LogP contribution >= 0.6 is 23.4 Å². The lowest BCUT2D eigenvalue weighted by molar-refractivity contribution is -0.384. The first-order valence-electron chi connectivity index (χ1n) is 3.41. The Morgan fingerprint density at radius 1 is 1.54 bits per heavy atom. The van der Waals surface area contributed by atoms with Crippen LogP contribution in [0.25, 0.3) is 0 Å². The second-order valence-corrected chi connectivity index (χ2v) is 3.03. The van der Waals surface area contributed by atoms with E-state index in [4.69, 9.17) is 23.4 Å². The Morgan fingerprint density at radius 3 is 2.77 bits per heavy atom. The van der Waals surface area contributed by atoms with E-state index in [-0.39, 0.29) is 10.7 Å². The third-order valence-electron chi connectivity index (χ3n) is 1.48. The van der Waals surface area contributed by atoms with Gasteiger partial charge in [-0.25, -0.2) is 4.84 Å². The van der Waals surface area contributed by atoms with Crippen LogP contribution in [-0.2, 0) is 6.54 Å². The molecule has 0 bridgehead atoms. The Labute approximate surface area is 84.7 Å². The fraction of sp³-hybridized carbons (Fsp3) is 0.143. The Balaban J connectivity index is 3.04. The predicted molar refractivity (Wildman–Crippen MR) is 50.8 cm³/mol. The van der Waals surface area contributed by atoms with Crippen molar-refractivity contribution in [2.75, 3.05) is 0 Å². The Bertz CT molecular complexity index is 330. The second kappa shape index (κ2) is 4.41. The molecule has 0 saturated heterocycles. The molecule has 70 valence electrons. The Morgan fingerprint density at radius 2 is 2.23 bits per heavy atom. The van der Waals surface area contributed by atoms with Crippen molar-refractivity contribution >= 4 is 29.1 Å². The van der Waals surface area contributed by atoms with Crippen LogP contribution in [0.3, 0.4) is 0 Å². The molecule has 0 radical (unpaired) electrons. The number of hydrogen-bond donors (Lipinski definition) is 1. The average Bonchev–Trinajstić information content (AvgIpc) is 2.08. The number of benzene rings is 1. The molecule has 4 nitrogen and oxygen atoms in total. The smallest absolute Gasteiger partial charge is 0.258 e. The van der Waals surface area contributed by atoms with Gasteiger partial charge in [-0.3, -0.25) is 10.1 Å². The summed E-state index contributed by atoms with van der Waals surface area (Å²) in [4.78, 5) is 12.3. The number of nitrogens with one attached hydrogen (secondary N) is 1. The van der Waals surface area contributed by atoms with Crippen molar-refractivity contribution < 1.29 is 4.92 Å². The van der Waals surface area contributed by atoms with Crippen molar-refractivity contribution in [1.29, 1.82) is 0 Å². The molecule has 1 N–H and O–H groups in total. The van der Waals surface area contributed by atoms with E-state index in [9.17, 15) is 10.1 Å². The lowest BCUT2D eigenvalue weighted by atomic mass is 10.2. The lowest BCUT2D eigenvalue weighted by Gasteiger charge is -1.99. The molecule has 6 heteroatoms. The van der Waals surface area contributed by atoms with Gasteiger partial charge in [-0.15, -0.1) is 0 Å². The van der Waals surface area contributed by atoms with Crippen molar-refractivity contribution in [3.8, 4) is 0 Å². The highest BCUT2D eigenvalue weighted by Gasteiger charge is 2.11. The minimum absolute atomic E-state index is 0.105. The van der Waals surface area contributed by atoms with Crippen molar-refractivity contribution in [1.82, 2.24) is 4.84 Å². The zero-order valence-corrected chi connectivity index (χ0v) is 7.97. The van der Waals surface area contributed by atoms with Crippen LogP contribution in [0, 0.1) is 10.1 Å². The maximum atomic E-state index is 10.4. The molecule has 1 rings (SSSR count). The van der Waals surface area contributed by atoms with Gasteiger partial charge in [0.15, 0.2) is 0 Å². The largest absolute Gasteiger partial charge is 0.288 e. The van der Waals surface area contributed by atoms with Gasteiger partial charge in [0.25, 0.3) is 5.69 Å². The summed E-state index contributed by atoms with van der Waals surface area (Å²) in [5.41, 5.74) is 0.609. The molecule has 0 fully saturated rings. The number of nitrogens with zero attached hydrogens (tertiary/aromatic N) is 1. The van der Waals surface area contributed by atoms with Crippen molar-refractivity contribution in [2.24, 2.45) is 0 Å². The molecule has 0 amide bonds. The third kappa shape index (κ3) is 2.55. The molecule has 0 aromatic heterocycles. The molecular weight excluding hydrogens is 215 g/mol. The Kier molecular flexibility index (Phi) is 3.48. The highest BCUT2D eigenvalue weighted by molar-refractivity contribution is 6.32. The quantitative estimate of drug-likeness (QED) is 0.484. The summed E-state index contributed by atoms with van der Waals surface area (Å²) < 4.78 is 0. The summed E-state index contributed by atoms with van der Waals surface area (Å²) in [5.74, 6) is 0. The van der Waals surface area contributed by atoms with Crippen molar-refractivity contribution in [2.45, 2.75) is 6.54 Å². The summed E-state index contributed by atoms with van der Waals surface area (Å²) in [6.45, 7) is 0.361. The van der Waals surface area contributed by atoms with Crippen LogP contribution in [0.15, 0.2) is 18.2 Å². The maximum absolute atomic E-state index is 10.4. The first kappa shape index (κ1) is 10.2. The maximum Gasteiger partial charge on any atom is 0.288 e. The van der Waals surface area contributed by atoms with Gasteiger partial charge in [0.2, 0.25) is 0 Å². The van der Waals surface area contributed by atoms with Crippen molar-refractivity contribution in [3.63, 3.8) is 0 Å². The van der Waals surface area contributed by atoms with Crippen LogP contribution in [0.1, 0.15) is 5.56 Å². The van der Waals surface area contributed by atoms with Gasteiger partial charge in [-0.1, -0.05) is 17.7 Å². The Hall–Kier alpha value is -0.840. The predicted octanol–water partition coefficient (Wildman–Crippen LogP) is 2.49. The number of nitro groups is 1. The van der Waals surface area contributed by atoms with Crippen LogP contribution < -0.4 is 4.84 Å². The molecule has 1 aromatic carbocycles. The van der Waals surface area contributed by atoms with E-state index in [2.05, 4.69) is 4.84 Å². The molecule has 0 unspecified atom stereocenters.